The van der Waals surface area contributed by atoms with Gasteiger partial charge in [0.2, 0.25) is 11.7 Å². The van der Waals surface area contributed by atoms with E-state index in [2.05, 4.69) is 5.32 Å². The van der Waals surface area contributed by atoms with Gasteiger partial charge in [0.15, 0.2) is 0 Å². The molecule has 0 atom stereocenters. The van der Waals surface area contributed by atoms with Gasteiger partial charge in [-0.2, -0.15) is 4.39 Å². The fraction of sp³-hybridized carbons (Fsp3) is 0.462. The molecule has 108 valence electrons. The zero-order valence-electron chi connectivity index (χ0n) is 11.1. The lowest BCUT2D eigenvalue weighted by Crippen LogP contribution is -2.39. The Labute approximate surface area is 115 Å². The summed E-state index contributed by atoms with van der Waals surface area (Å²) in [5.74, 6) is -0.928. The highest BCUT2D eigenvalue weighted by Gasteiger charge is 2.29. The molecule has 0 aliphatic carbocycles. The smallest absolute Gasteiger partial charge is 0.327 e. The third kappa shape index (κ3) is 2.71. The van der Waals surface area contributed by atoms with E-state index in [1.165, 1.54) is 6.07 Å². The molecular formula is C13H16FN3O3. The van der Waals surface area contributed by atoms with Gasteiger partial charge in [-0.1, -0.05) is 6.07 Å². The standard InChI is InChI=1S/C13H16FN3O3/c1-15-13(18)9-5-7-16(8-6-9)11-4-2-3-10(14)12(11)17(19)20/h2-4,9H,5-8H2,1H3,(H,15,18). The molecule has 0 unspecified atom stereocenters. The second-order valence-electron chi connectivity index (χ2n) is 4.74. The number of nitrogens with one attached hydrogen (secondary N) is 1. The van der Waals surface area contributed by atoms with Gasteiger partial charge in [0.1, 0.15) is 5.69 Å². The molecular weight excluding hydrogens is 265 g/mol. The van der Waals surface area contributed by atoms with E-state index in [0.717, 1.165) is 6.07 Å². The molecule has 0 spiro atoms. The predicted octanol–water partition coefficient (Wildman–Crippen LogP) is 1.70. The van der Waals surface area contributed by atoms with E-state index in [1.54, 1.807) is 18.0 Å². The molecule has 1 heterocycles. The van der Waals surface area contributed by atoms with Crippen LogP contribution in [-0.4, -0.2) is 31.0 Å². The van der Waals surface area contributed by atoms with E-state index < -0.39 is 16.4 Å². The van der Waals surface area contributed by atoms with Crippen molar-refractivity contribution in [3.8, 4) is 0 Å². The Morgan fingerprint density at radius 1 is 1.45 bits per heavy atom. The van der Waals surface area contributed by atoms with Gasteiger partial charge in [0, 0.05) is 26.1 Å². The number of para-hydroxylation sites is 1. The van der Waals surface area contributed by atoms with Gasteiger partial charge in [0.25, 0.3) is 0 Å². The van der Waals surface area contributed by atoms with Crippen LogP contribution >= 0.6 is 0 Å². The molecule has 1 amide bonds. The summed E-state index contributed by atoms with van der Waals surface area (Å²) in [6.45, 7) is 1.00. The quantitative estimate of drug-likeness (QED) is 0.676. The van der Waals surface area contributed by atoms with Crippen LogP contribution in [0.25, 0.3) is 0 Å². The molecule has 1 fully saturated rings. The van der Waals surface area contributed by atoms with Gasteiger partial charge in [-0.3, -0.25) is 14.9 Å². The molecule has 0 radical (unpaired) electrons. The molecule has 1 saturated heterocycles. The monoisotopic (exact) mass is 281 g/mol. The molecule has 2 rings (SSSR count). The van der Waals surface area contributed by atoms with Crippen molar-refractivity contribution in [2.24, 2.45) is 5.92 Å². The van der Waals surface area contributed by atoms with Crippen LogP contribution in [0.4, 0.5) is 15.8 Å². The lowest BCUT2D eigenvalue weighted by Gasteiger charge is -2.32. The molecule has 0 saturated carbocycles. The summed E-state index contributed by atoms with van der Waals surface area (Å²) in [5, 5.41) is 13.6. The topological polar surface area (TPSA) is 75.5 Å². The number of carbonyl (C=O) groups excluding carboxylic acids is 1. The Balaban J connectivity index is 2.17. The second-order valence-corrected chi connectivity index (χ2v) is 4.74. The Hall–Kier alpha value is -2.18. The number of nitrogens with zero attached hydrogens (tertiary/aromatic N) is 2. The minimum Gasteiger partial charge on any atom is -0.366 e. The summed E-state index contributed by atoms with van der Waals surface area (Å²) < 4.78 is 13.6. The van der Waals surface area contributed by atoms with E-state index >= 15 is 0 Å². The van der Waals surface area contributed by atoms with E-state index in [0.29, 0.717) is 25.9 Å². The largest absolute Gasteiger partial charge is 0.366 e. The second kappa shape index (κ2) is 5.85. The van der Waals surface area contributed by atoms with Gasteiger partial charge < -0.3 is 10.2 Å². The predicted molar refractivity (Wildman–Crippen MR) is 72.1 cm³/mol. The summed E-state index contributed by atoms with van der Waals surface area (Å²) >= 11 is 0. The first-order valence-electron chi connectivity index (χ1n) is 6.44. The fourth-order valence-electron chi connectivity index (χ4n) is 2.53. The van der Waals surface area contributed by atoms with Crippen LogP contribution in [0.15, 0.2) is 18.2 Å². The van der Waals surface area contributed by atoms with Gasteiger partial charge in [-0.05, 0) is 25.0 Å². The number of piperidine rings is 1. The number of halogens is 1. The number of benzene rings is 1. The Kier molecular flexibility index (Phi) is 4.16. The van der Waals surface area contributed by atoms with Crippen LogP contribution < -0.4 is 10.2 Å². The Morgan fingerprint density at radius 3 is 2.65 bits per heavy atom. The van der Waals surface area contributed by atoms with Crippen molar-refractivity contribution in [3.63, 3.8) is 0 Å². The first-order chi connectivity index (χ1) is 9.54. The lowest BCUT2D eigenvalue weighted by molar-refractivity contribution is -0.386. The maximum atomic E-state index is 13.6. The number of hydrogen-bond donors (Lipinski definition) is 1. The number of anilines is 1. The number of nitro benzene ring substituents is 1. The molecule has 20 heavy (non-hydrogen) atoms. The van der Waals surface area contributed by atoms with Crippen LogP contribution in [0.2, 0.25) is 0 Å². The van der Waals surface area contributed by atoms with Crippen LogP contribution in [0.1, 0.15) is 12.8 Å². The zero-order valence-corrected chi connectivity index (χ0v) is 11.1. The summed E-state index contributed by atoms with van der Waals surface area (Å²) in [5.41, 5.74) is -0.212. The van der Waals surface area contributed by atoms with Crippen LogP contribution in [-0.2, 0) is 4.79 Å². The van der Waals surface area contributed by atoms with Crippen molar-refractivity contribution < 1.29 is 14.1 Å². The number of rotatable bonds is 3. The number of carbonyl (C=O) groups is 1. The Bertz CT molecular complexity index is 528. The molecule has 1 aliphatic rings. The van der Waals surface area contributed by atoms with Crippen molar-refractivity contribution in [1.29, 1.82) is 0 Å². The first kappa shape index (κ1) is 14.2. The molecule has 1 aromatic rings. The van der Waals surface area contributed by atoms with Crippen molar-refractivity contribution in [1.82, 2.24) is 5.32 Å². The van der Waals surface area contributed by atoms with Crippen LogP contribution in [0, 0.1) is 21.8 Å². The third-order valence-corrected chi connectivity index (χ3v) is 3.60. The first-order valence-corrected chi connectivity index (χ1v) is 6.44. The fourth-order valence-corrected chi connectivity index (χ4v) is 2.53. The highest BCUT2D eigenvalue weighted by Crippen LogP contribution is 2.33. The van der Waals surface area contributed by atoms with E-state index in [9.17, 15) is 19.3 Å². The van der Waals surface area contributed by atoms with Gasteiger partial charge >= 0.3 is 5.69 Å². The molecule has 7 heteroatoms. The average Bonchev–Trinajstić information content (AvgIpc) is 2.46. The van der Waals surface area contributed by atoms with E-state index in [4.69, 9.17) is 0 Å². The zero-order chi connectivity index (χ0) is 14.7. The molecule has 6 nitrogen and oxygen atoms in total. The molecule has 1 aliphatic heterocycles. The van der Waals surface area contributed by atoms with Crippen LogP contribution in [0.5, 0.6) is 0 Å². The van der Waals surface area contributed by atoms with Gasteiger partial charge in [-0.15, -0.1) is 0 Å². The summed E-state index contributed by atoms with van der Waals surface area (Å²) in [4.78, 5) is 23.6. The van der Waals surface area contributed by atoms with Crippen LogP contribution in [0.3, 0.4) is 0 Å². The molecule has 0 aromatic heterocycles. The Morgan fingerprint density at radius 2 is 2.10 bits per heavy atom. The highest BCUT2D eigenvalue weighted by atomic mass is 19.1. The third-order valence-electron chi connectivity index (χ3n) is 3.60. The molecule has 0 bridgehead atoms. The van der Waals surface area contributed by atoms with Crippen molar-refractivity contribution in [2.75, 3.05) is 25.0 Å². The van der Waals surface area contributed by atoms with Gasteiger partial charge in [-0.25, -0.2) is 0 Å². The number of nitro groups is 1. The highest BCUT2D eigenvalue weighted by molar-refractivity contribution is 5.78. The van der Waals surface area contributed by atoms with Gasteiger partial charge in [0.05, 0.1) is 4.92 Å². The maximum absolute atomic E-state index is 13.6. The van der Waals surface area contributed by atoms with Crippen molar-refractivity contribution in [2.45, 2.75) is 12.8 Å². The summed E-state index contributed by atoms with van der Waals surface area (Å²) in [6.07, 6.45) is 1.21. The van der Waals surface area contributed by atoms with E-state index in [-0.39, 0.29) is 17.5 Å². The minimum atomic E-state index is -0.832. The van der Waals surface area contributed by atoms with E-state index in [1.807, 2.05) is 0 Å². The summed E-state index contributed by atoms with van der Waals surface area (Å²) in [6, 6.07) is 4.09. The minimum absolute atomic E-state index is 0.0154. The summed E-state index contributed by atoms with van der Waals surface area (Å²) in [7, 11) is 1.59. The lowest BCUT2D eigenvalue weighted by atomic mass is 9.95. The molecule has 1 N–H and O–H groups in total. The van der Waals surface area contributed by atoms with Crippen molar-refractivity contribution >= 4 is 17.3 Å². The molecule has 1 aromatic carbocycles. The normalized spacial score (nSPS) is 16.0. The SMILES string of the molecule is CNC(=O)C1CCN(c2cccc(F)c2[N+](=O)[O-])CC1. The number of amides is 1. The maximum Gasteiger partial charge on any atom is 0.327 e. The van der Waals surface area contributed by atoms with Crippen molar-refractivity contribution in [3.05, 3.63) is 34.1 Å². The number of hydrogen-bond acceptors (Lipinski definition) is 4. The average molecular weight is 281 g/mol.